The molecule has 0 bridgehead atoms. The molecule has 6 nitrogen and oxygen atoms in total. The molecule has 0 aliphatic heterocycles. The number of nitrogens with zero attached hydrogens (tertiary/aromatic N) is 1. The highest BCUT2D eigenvalue weighted by Crippen LogP contribution is 2.39. The number of aromatic nitrogens is 1. The van der Waals surface area contributed by atoms with Gasteiger partial charge >= 0.3 is 5.97 Å². The molecule has 34 heavy (non-hydrogen) atoms. The van der Waals surface area contributed by atoms with Crippen LogP contribution in [0.2, 0.25) is 0 Å². The quantitative estimate of drug-likeness (QED) is 0.327. The number of thiophene rings is 2. The molecule has 3 heterocycles. The summed E-state index contributed by atoms with van der Waals surface area (Å²) in [5, 5.41) is 4.26. The number of aryl methyl sites for hydroxylation is 1. The average molecular weight is 492 g/mol. The van der Waals surface area contributed by atoms with Crippen molar-refractivity contribution in [3.8, 4) is 11.3 Å². The summed E-state index contributed by atoms with van der Waals surface area (Å²) in [5.74, 6) is -0.743. The van der Waals surface area contributed by atoms with Gasteiger partial charge in [-0.25, -0.2) is 9.78 Å². The molecule has 0 saturated heterocycles. The van der Waals surface area contributed by atoms with Gasteiger partial charge in [0.1, 0.15) is 14.7 Å². The maximum Gasteiger partial charge on any atom is 0.341 e. The van der Waals surface area contributed by atoms with Crippen LogP contribution >= 0.6 is 22.7 Å². The van der Waals surface area contributed by atoms with Gasteiger partial charge in [0.15, 0.2) is 0 Å². The van der Waals surface area contributed by atoms with Gasteiger partial charge in [-0.3, -0.25) is 4.79 Å². The maximum absolute atomic E-state index is 13.3. The van der Waals surface area contributed by atoms with Gasteiger partial charge in [0.2, 0.25) is 0 Å². The minimum absolute atomic E-state index is 0.332. The summed E-state index contributed by atoms with van der Waals surface area (Å²) >= 11 is 2.74. The molecule has 0 unspecified atom stereocenters. The van der Waals surface area contributed by atoms with Gasteiger partial charge in [0.05, 0.1) is 24.1 Å². The van der Waals surface area contributed by atoms with Gasteiger partial charge in [0.25, 0.3) is 5.91 Å². The van der Waals surface area contributed by atoms with Gasteiger partial charge in [-0.05, 0) is 43.4 Å². The molecule has 5 rings (SSSR count). The Kier molecular flexibility index (Phi) is 6.34. The molecule has 0 atom stereocenters. The van der Waals surface area contributed by atoms with Gasteiger partial charge in [-0.1, -0.05) is 43.2 Å². The Balaban J connectivity index is 1.49. The molecule has 0 spiro atoms. The fourth-order valence-electron chi connectivity index (χ4n) is 4.42. The van der Waals surface area contributed by atoms with E-state index in [2.05, 4.69) is 5.32 Å². The summed E-state index contributed by atoms with van der Waals surface area (Å²) in [6.45, 7) is 0. The van der Waals surface area contributed by atoms with Crippen LogP contribution in [0.15, 0.2) is 42.5 Å². The van der Waals surface area contributed by atoms with E-state index in [0.29, 0.717) is 26.0 Å². The molecule has 1 aliphatic rings. The summed E-state index contributed by atoms with van der Waals surface area (Å²) in [6.07, 6.45) is 6.18. The molecule has 174 valence electrons. The monoisotopic (exact) mass is 491 g/mol. The number of ether oxygens (including phenoxy) is 1. The number of nitrogens with two attached hydrogens (primary N) is 1. The van der Waals surface area contributed by atoms with Crippen molar-refractivity contribution in [3.05, 3.63) is 63.3 Å². The lowest BCUT2D eigenvalue weighted by Crippen LogP contribution is -2.15. The highest BCUT2D eigenvalue weighted by Gasteiger charge is 2.27. The second kappa shape index (κ2) is 9.56. The van der Waals surface area contributed by atoms with Crippen LogP contribution < -0.4 is 11.1 Å². The second-order valence-electron chi connectivity index (χ2n) is 8.33. The van der Waals surface area contributed by atoms with Crippen LogP contribution in [-0.2, 0) is 17.6 Å². The number of pyridine rings is 1. The standard InChI is InChI=1S/C26H25N3O3S2/c1-32-26(31)20-16-11-7-2-3-8-12-19(16)33-25(20)29-23(30)22-21(27)17-13-14-18(28-24(17)34-22)15-9-5-4-6-10-15/h4-6,9-10,13-14H,2-3,7-8,11-12,27H2,1H3,(H,29,30). The van der Waals surface area contributed by atoms with Crippen LogP contribution in [0.4, 0.5) is 10.7 Å². The number of hydrogen-bond donors (Lipinski definition) is 2. The number of carbonyl (C=O) groups is 2. The van der Waals surface area contributed by atoms with Crippen molar-refractivity contribution in [1.29, 1.82) is 0 Å². The van der Waals surface area contributed by atoms with Crippen molar-refractivity contribution in [1.82, 2.24) is 4.98 Å². The van der Waals surface area contributed by atoms with E-state index >= 15 is 0 Å². The number of nitrogen functional groups attached to an aromatic ring is 1. The lowest BCUT2D eigenvalue weighted by Gasteiger charge is -2.10. The molecule has 3 N–H and O–H groups in total. The smallest absolute Gasteiger partial charge is 0.341 e. The topological polar surface area (TPSA) is 94.3 Å². The number of amides is 1. The third kappa shape index (κ3) is 4.19. The van der Waals surface area contributed by atoms with E-state index in [1.165, 1.54) is 36.2 Å². The van der Waals surface area contributed by atoms with Crippen LogP contribution in [0.1, 0.15) is 56.2 Å². The van der Waals surface area contributed by atoms with Crippen molar-refractivity contribution < 1.29 is 14.3 Å². The lowest BCUT2D eigenvalue weighted by atomic mass is 9.96. The van der Waals surface area contributed by atoms with E-state index in [1.807, 2.05) is 42.5 Å². The van der Waals surface area contributed by atoms with Gasteiger partial charge < -0.3 is 15.8 Å². The Morgan fingerprint density at radius 2 is 1.76 bits per heavy atom. The first-order valence-electron chi connectivity index (χ1n) is 11.4. The average Bonchev–Trinajstić information content (AvgIpc) is 3.35. The number of esters is 1. The number of rotatable bonds is 4. The Hall–Kier alpha value is -3.23. The van der Waals surface area contributed by atoms with E-state index in [4.69, 9.17) is 15.5 Å². The van der Waals surface area contributed by atoms with Gasteiger partial charge in [0, 0.05) is 15.8 Å². The van der Waals surface area contributed by atoms with E-state index in [1.54, 1.807) is 0 Å². The zero-order chi connectivity index (χ0) is 23.7. The summed E-state index contributed by atoms with van der Waals surface area (Å²) in [6, 6.07) is 13.7. The molecular weight excluding hydrogens is 466 g/mol. The Labute approximate surface area is 205 Å². The minimum atomic E-state index is -0.410. The number of benzene rings is 1. The first kappa shape index (κ1) is 22.6. The summed E-state index contributed by atoms with van der Waals surface area (Å²) in [4.78, 5) is 33.0. The van der Waals surface area contributed by atoms with Crippen molar-refractivity contribution in [3.63, 3.8) is 0 Å². The minimum Gasteiger partial charge on any atom is -0.465 e. The van der Waals surface area contributed by atoms with E-state index in [-0.39, 0.29) is 5.91 Å². The summed E-state index contributed by atoms with van der Waals surface area (Å²) in [7, 11) is 1.38. The fraction of sp³-hybridized carbons (Fsp3) is 0.269. The van der Waals surface area contributed by atoms with Crippen LogP contribution in [0.25, 0.3) is 21.5 Å². The molecule has 1 aliphatic carbocycles. The van der Waals surface area contributed by atoms with Gasteiger partial charge in [-0.15, -0.1) is 22.7 Å². The van der Waals surface area contributed by atoms with E-state index in [9.17, 15) is 9.59 Å². The van der Waals surface area contributed by atoms with Crippen LogP contribution in [0.5, 0.6) is 0 Å². The second-order valence-corrected chi connectivity index (χ2v) is 10.4. The maximum atomic E-state index is 13.3. The number of methoxy groups -OCH3 is 1. The highest BCUT2D eigenvalue weighted by atomic mass is 32.1. The number of fused-ring (bicyclic) bond motifs is 2. The molecule has 1 aromatic carbocycles. The first-order chi connectivity index (χ1) is 16.6. The Morgan fingerprint density at radius 3 is 2.53 bits per heavy atom. The molecule has 0 saturated carbocycles. The van der Waals surface area contributed by atoms with Crippen LogP contribution in [-0.4, -0.2) is 24.0 Å². The predicted molar refractivity (Wildman–Crippen MR) is 139 cm³/mol. The third-order valence-corrected chi connectivity index (χ3v) is 8.48. The van der Waals surface area contributed by atoms with E-state index in [0.717, 1.165) is 59.2 Å². The van der Waals surface area contributed by atoms with E-state index < -0.39 is 5.97 Å². The molecule has 0 fully saturated rings. The van der Waals surface area contributed by atoms with Gasteiger partial charge in [-0.2, -0.15) is 0 Å². The fourth-order valence-corrected chi connectivity index (χ4v) is 6.68. The summed E-state index contributed by atoms with van der Waals surface area (Å²) < 4.78 is 5.07. The first-order valence-corrected chi connectivity index (χ1v) is 13.0. The van der Waals surface area contributed by atoms with Crippen LogP contribution in [0.3, 0.4) is 0 Å². The normalized spacial score (nSPS) is 13.7. The SMILES string of the molecule is COC(=O)c1c(NC(=O)c2sc3nc(-c4ccccc4)ccc3c2N)sc2c1CCCCCC2. The molecular formula is C26H25N3O3S2. The lowest BCUT2D eigenvalue weighted by molar-refractivity contribution is 0.0601. The predicted octanol–water partition coefficient (Wildman–Crippen LogP) is 6.30. The zero-order valence-electron chi connectivity index (χ0n) is 18.8. The van der Waals surface area contributed by atoms with Crippen LogP contribution in [0, 0.1) is 0 Å². The van der Waals surface area contributed by atoms with Crippen molar-refractivity contribution in [2.45, 2.75) is 38.5 Å². The summed E-state index contributed by atoms with van der Waals surface area (Å²) in [5.41, 5.74) is 10.1. The molecule has 1 amide bonds. The van der Waals surface area contributed by atoms with Crippen molar-refractivity contribution in [2.75, 3.05) is 18.2 Å². The third-order valence-electron chi connectivity index (χ3n) is 6.16. The molecule has 8 heteroatoms. The molecule has 3 aromatic heterocycles. The van der Waals surface area contributed by atoms with Crippen molar-refractivity contribution >= 4 is 55.5 Å². The number of hydrogen-bond acceptors (Lipinski definition) is 7. The largest absolute Gasteiger partial charge is 0.465 e. The Morgan fingerprint density at radius 1 is 1.00 bits per heavy atom. The number of carbonyl (C=O) groups excluding carboxylic acids is 2. The van der Waals surface area contributed by atoms with Crippen molar-refractivity contribution in [2.24, 2.45) is 0 Å². The molecule has 4 aromatic rings. The number of nitrogens with one attached hydrogen (secondary N) is 1. The highest BCUT2D eigenvalue weighted by molar-refractivity contribution is 7.21. The molecule has 0 radical (unpaired) electrons. The number of anilines is 2. The Bertz CT molecular complexity index is 1380. The zero-order valence-corrected chi connectivity index (χ0v) is 20.5.